The summed E-state index contributed by atoms with van der Waals surface area (Å²) in [6.07, 6.45) is 1.76. The summed E-state index contributed by atoms with van der Waals surface area (Å²) in [5.41, 5.74) is -0.257. The maximum atomic E-state index is 10.9. The summed E-state index contributed by atoms with van der Waals surface area (Å²) in [5, 5.41) is 3.10. The van der Waals surface area contributed by atoms with Crippen LogP contribution in [0.3, 0.4) is 0 Å². The summed E-state index contributed by atoms with van der Waals surface area (Å²) in [6, 6.07) is -0.230. The van der Waals surface area contributed by atoms with Crippen LogP contribution in [0, 0.1) is 0 Å². The summed E-state index contributed by atoms with van der Waals surface area (Å²) in [4.78, 5) is 10.9. The molecule has 0 aromatic carbocycles. The van der Waals surface area contributed by atoms with Crippen molar-refractivity contribution in [2.75, 3.05) is 6.61 Å². The zero-order chi connectivity index (χ0) is 8.48. The Bertz CT molecular complexity index is 191. The molecule has 1 aliphatic rings. The molecular weight excluding hydrogens is 142 g/mol. The van der Waals surface area contributed by atoms with E-state index in [0.29, 0.717) is 6.61 Å². The number of cyclic esters (lactones) is 1. The van der Waals surface area contributed by atoms with Gasteiger partial charge in [0.2, 0.25) is 0 Å². The average molecular weight is 155 g/mol. The molecule has 0 saturated carbocycles. The number of nitrogens with one attached hydrogen (secondary N) is 1. The molecule has 1 fully saturated rings. The fraction of sp³-hybridized carbons (Fsp3) is 0.625. The molecule has 0 unspecified atom stereocenters. The van der Waals surface area contributed by atoms with Gasteiger partial charge >= 0.3 is 5.97 Å². The van der Waals surface area contributed by atoms with Gasteiger partial charge in [0.15, 0.2) is 0 Å². The van der Waals surface area contributed by atoms with Crippen LogP contribution in [0.4, 0.5) is 0 Å². The van der Waals surface area contributed by atoms with E-state index in [1.807, 2.05) is 6.92 Å². The molecule has 1 N–H and O–H groups in total. The van der Waals surface area contributed by atoms with Crippen molar-refractivity contribution >= 4 is 5.97 Å². The van der Waals surface area contributed by atoms with E-state index in [0.717, 1.165) is 0 Å². The molecule has 3 nitrogen and oxygen atoms in total. The third kappa shape index (κ3) is 1.60. The highest BCUT2D eigenvalue weighted by atomic mass is 16.5. The summed E-state index contributed by atoms with van der Waals surface area (Å²) in [6.45, 7) is 7.76. The van der Waals surface area contributed by atoms with Crippen molar-refractivity contribution in [3.8, 4) is 0 Å². The van der Waals surface area contributed by atoms with Crippen LogP contribution in [0.1, 0.15) is 13.8 Å². The Morgan fingerprint density at radius 3 is 3.00 bits per heavy atom. The highest BCUT2D eigenvalue weighted by Gasteiger charge is 2.32. The molecule has 0 bridgehead atoms. The van der Waals surface area contributed by atoms with Crippen LogP contribution in [-0.4, -0.2) is 24.2 Å². The predicted octanol–water partition coefficient (Wildman–Crippen LogP) is 0.466. The largest absolute Gasteiger partial charge is 0.462 e. The minimum absolute atomic E-state index is 0.190. The predicted molar refractivity (Wildman–Crippen MR) is 42.2 cm³/mol. The van der Waals surface area contributed by atoms with Crippen molar-refractivity contribution in [3.05, 3.63) is 12.7 Å². The van der Waals surface area contributed by atoms with Crippen molar-refractivity contribution in [3.63, 3.8) is 0 Å². The van der Waals surface area contributed by atoms with Gasteiger partial charge in [0.25, 0.3) is 0 Å². The van der Waals surface area contributed by atoms with Gasteiger partial charge < -0.3 is 4.74 Å². The number of rotatable bonds is 1. The van der Waals surface area contributed by atoms with Crippen LogP contribution >= 0.6 is 0 Å². The maximum absolute atomic E-state index is 10.9. The first-order chi connectivity index (χ1) is 5.07. The topological polar surface area (TPSA) is 38.3 Å². The fourth-order valence-electron chi connectivity index (χ4n) is 1.06. The van der Waals surface area contributed by atoms with Crippen LogP contribution in [0.2, 0.25) is 0 Å². The van der Waals surface area contributed by atoms with E-state index < -0.39 is 0 Å². The molecule has 11 heavy (non-hydrogen) atoms. The Morgan fingerprint density at radius 1 is 1.91 bits per heavy atom. The molecule has 0 aromatic rings. The van der Waals surface area contributed by atoms with E-state index in [9.17, 15) is 4.79 Å². The Labute approximate surface area is 66.4 Å². The molecule has 0 aromatic heterocycles. The zero-order valence-electron chi connectivity index (χ0n) is 6.89. The molecule has 0 spiro atoms. The fourth-order valence-corrected chi connectivity index (χ4v) is 1.06. The molecule has 0 aliphatic carbocycles. The smallest absolute Gasteiger partial charge is 0.322 e. The Kier molecular flexibility index (Phi) is 2.00. The zero-order valence-corrected chi connectivity index (χ0v) is 6.89. The van der Waals surface area contributed by atoms with Gasteiger partial charge in [-0.2, -0.15) is 0 Å². The van der Waals surface area contributed by atoms with Crippen LogP contribution in [-0.2, 0) is 9.53 Å². The number of esters is 1. The lowest BCUT2D eigenvalue weighted by Gasteiger charge is -2.34. The van der Waals surface area contributed by atoms with Crippen LogP contribution in [0.15, 0.2) is 12.7 Å². The van der Waals surface area contributed by atoms with Crippen molar-refractivity contribution in [2.24, 2.45) is 0 Å². The van der Waals surface area contributed by atoms with E-state index >= 15 is 0 Å². The van der Waals surface area contributed by atoms with Gasteiger partial charge in [-0.1, -0.05) is 6.08 Å². The van der Waals surface area contributed by atoms with E-state index in [1.54, 1.807) is 13.0 Å². The molecule has 0 amide bonds. The third-order valence-corrected chi connectivity index (χ3v) is 1.86. The van der Waals surface area contributed by atoms with Crippen LogP contribution in [0.25, 0.3) is 0 Å². The van der Waals surface area contributed by atoms with Gasteiger partial charge in [-0.05, 0) is 13.8 Å². The first-order valence-electron chi connectivity index (χ1n) is 3.65. The average Bonchev–Trinajstić information content (AvgIpc) is 1.98. The number of ether oxygens (including phenoxy) is 1. The van der Waals surface area contributed by atoms with E-state index in [4.69, 9.17) is 4.74 Å². The van der Waals surface area contributed by atoms with Gasteiger partial charge in [-0.3, -0.25) is 10.1 Å². The first kappa shape index (κ1) is 8.27. The first-order valence-corrected chi connectivity index (χ1v) is 3.65. The Hall–Kier alpha value is -0.830. The number of carbonyl (C=O) groups is 1. The van der Waals surface area contributed by atoms with Crippen molar-refractivity contribution < 1.29 is 9.53 Å². The minimum Gasteiger partial charge on any atom is -0.462 e. The highest BCUT2D eigenvalue weighted by Crippen LogP contribution is 2.12. The molecule has 1 aliphatic heterocycles. The molecule has 0 radical (unpaired) electrons. The second-order valence-corrected chi connectivity index (χ2v) is 3.10. The summed E-state index contributed by atoms with van der Waals surface area (Å²) in [5.74, 6) is -0.190. The summed E-state index contributed by atoms with van der Waals surface area (Å²) in [7, 11) is 0. The normalized spacial score (nSPS) is 38.0. The van der Waals surface area contributed by atoms with E-state index in [-0.39, 0.29) is 17.6 Å². The number of hydrogen-bond donors (Lipinski definition) is 1. The van der Waals surface area contributed by atoms with E-state index in [2.05, 4.69) is 11.9 Å². The van der Waals surface area contributed by atoms with Gasteiger partial charge in [-0.15, -0.1) is 6.58 Å². The van der Waals surface area contributed by atoms with Crippen molar-refractivity contribution in [1.82, 2.24) is 5.32 Å². The third-order valence-electron chi connectivity index (χ3n) is 1.86. The van der Waals surface area contributed by atoms with Crippen LogP contribution in [0.5, 0.6) is 0 Å². The number of hydrogen-bond acceptors (Lipinski definition) is 3. The molecular formula is C8H13NO2. The quantitative estimate of drug-likeness (QED) is 0.442. The monoisotopic (exact) mass is 155 g/mol. The Balaban J connectivity index is 2.65. The lowest BCUT2D eigenvalue weighted by atomic mass is 10.0. The SMILES string of the molecule is C=C[C@]1(C)COC(=O)[C@H](C)N1. The Morgan fingerprint density at radius 2 is 2.55 bits per heavy atom. The van der Waals surface area contributed by atoms with Gasteiger partial charge in [0.1, 0.15) is 12.6 Å². The summed E-state index contributed by atoms with van der Waals surface area (Å²) >= 11 is 0. The van der Waals surface area contributed by atoms with Crippen molar-refractivity contribution in [2.45, 2.75) is 25.4 Å². The van der Waals surface area contributed by atoms with Crippen LogP contribution < -0.4 is 5.32 Å². The second kappa shape index (κ2) is 2.66. The van der Waals surface area contributed by atoms with Gasteiger partial charge in [0.05, 0.1) is 5.54 Å². The number of morpholine rings is 1. The summed E-state index contributed by atoms with van der Waals surface area (Å²) < 4.78 is 4.92. The molecule has 62 valence electrons. The second-order valence-electron chi connectivity index (χ2n) is 3.10. The van der Waals surface area contributed by atoms with Crippen molar-refractivity contribution in [1.29, 1.82) is 0 Å². The minimum atomic E-state index is -0.257. The molecule has 1 rings (SSSR count). The molecule has 1 heterocycles. The molecule has 3 heteroatoms. The standard InChI is InChI=1S/C8H13NO2/c1-4-8(3)5-11-7(10)6(2)9-8/h4,6,9H,1,5H2,2-3H3/t6-,8+/m0/s1. The lowest BCUT2D eigenvalue weighted by molar-refractivity contribution is -0.152. The lowest BCUT2D eigenvalue weighted by Crippen LogP contribution is -2.57. The van der Waals surface area contributed by atoms with Gasteiger partial charge in [-0.25, -0.2) is 0 Å². The highest BCUT2D eigenvalue weighted by molar-refractivity contribution is 5.76. The van der Waals surface area contributed by atoms with E-state index in [1.165, 1.54) is 0 Å². The maximum Gasteiger partial charge on any atom is 0.322 e. The molecule has 2 atom stereocenters. The number of carbonyl (C=O) groups excluding carboxylic acids is 1. The van der Waals surface area contributed by atoms with Gasteiger partial charge in [0, 0.05) is 0 Å². The molecule has 1 saturated heterocycles.